The Morgan fingerprint density at radius 1 is 1.09 bits per heavy atom. The first-order valence-corrected chi connectivity index (χ1v) is 12.2. The molecule has 0 radical (unpaired) electrons. The summed E-state index contributed by atoms with van der Waals surface area (Å²) in [6.45, 7) is 3.14. The molecule has 1 aromatic carbocycles. The van der Waals surface area contributed by atoms with Crippen LogP contribution in [0.3, 0.4) is 0 Å². The quantitative estimate of drug-likeness (QED) is 0.582. The van der Waals surface area contributed by atoms with Gasteiger partial charge >= 0.3 is 0 Å². The number of carbonyl (C=O) groups excluding carboxylic acids is 1. The Morgan fingerprint density at radius 3 is 2.42 bits per heavy atom. The Kier molecular flexibility index (Phi) is 5.39. The second-order valence-electron chi connectivity index (χ2n) is 10.0. The summed E-state index contributed by atoms with van der Waals surface area (Å²) in [4.78, 5) is 23.1. The van der Waals surface area contributed by atoms with E-state index in [1.54, 1.807) is 24.5 Å². The molecule has 0 bridgehead atoms. The number of nitrogens with zero attached hydrogens (tertiary/aromatic N) is 3. The van der Waals surface area contributed by atoms with E-state index in [-0.39, 0.29) is 22.7 Å². The van der Waals surface area contributed by atoms with Crippen molar-refractivity contribution in [1.82, 2.24) is 9.97 Å². The van der Waals surface area contributed by atoms with Crippen LogP contribution in [0.25, 0.3) is 0 Å². The number of rotatable bonds is 5. The van der Waals surface area contributed by atoms with Crippen molar-refractivity contribution in [3.05, 3.63) is 52.6 Å². The van der Waals surface area contributed by atoms with E-state index in [0.29, 0.717) is 35.6 Å². The van der Waals surface area contributed by atoms with E-state index in [1.807, 2.05) is 0 Å². The summed E-state index contributed by atoms with van der Waals surface area (Å²) in [5, 5.41) is 0.551. The molecule has 0 N–H and O–H groups in total. The van der Waals surface area contributed by atoms with E-state index in [9.17, 15) is 9.18 Å². The molecular formula is C25H27ClFN3O3. The van der Waals surface area contributed by atoms with Gasteiger partial charge in [0.15, 0.2) is 12.1 Å². The summed E-state index contributed by atoms with van der Waals surface area (Å²) in [6.07, 6.45) is 7.77. The third-order valence-corrected chi connectivity index (χ3v) is 7.97. The standard InChI is InChI=1S/C25H27ClFN3O3/c26-18-11-28-24(29-12-18)30-7-5-15(6-8-30)20-10-25(20)13-32-23(33-14-25)17-3-4-19(21(27)9-17)22(31)16-1-2-16/h3-4,9,11-12,15-16,20,23H,1-2,5-8,10,13-14H2/t20-,23-,25+/m0/s1. The molecular weight excluding hydrogens is 445 g/mol. The van der Waals surface area contributed by atoms with Gasteiger partial charge in [0.25, 0.3) is 0 Å². The highest BCUT2D eigenvalue weighted by atomic mass is 35.5. The van der Waals surface area contributed by atoms with Gasteiger partial charge in [0.1, 0.15) is 5.82 Å². The smallest absolute Gasteiger partial charge is 0.225 e. The number of carbonyl (C=O) groups is 1. The van der Waals surface area contributed by atoms with Crippen molar-refractivity contribution < 1.29 is 18.7 Å². The molecule has 1 spiro atoms. The van der Waals surface area contributed by atoms with E-state index in [0.717, 1.165) is 51.1 Å². The largest absolute Gasteiger partial charge is 0.348 e. The highest BCUT2D eigenvalue weighted by Gasteiger charge is 2.59. The Morgan fingerprint density at radius 2 is 1.79 bits per heavy atom. The summed E-state index contributed by atoms with van der Waals surface area (Å²) in [6, 6.07) is 4.75. The van der Waals surface area contributed by atoms with Crippen molar-refractivity contribution in [2.75, 3.05) is 31.2 Å². The fourth-order valence-corrected chi connectivity index (χ4v) is 5.65. The molecule has 2 saturated carbocycles. The minimum atomic E-state index is -0.569. The van der Waals surface area contributed by atoms with E-state index < -0.39 is 12.1 Å². The SMILES string of the molecule is O=C(c1ccc([C@H]2OC[C@@]3(CO2)C[C@H]3C2CCN(c3ncc(Cl)cn3)CC2)cc1F)C1CC1. The molecule has 2 aromatic rings. The predicted octanol–water partition coefficient (Wildman–Crippen LogP) is 4.83. The molecule has 4 fully saturated rings. The fourth-order valence-electron chi connectivity index (χ4n) is 5.56. The Hall–Kier alpha value is -2.09. The van der Waals surface area contributed by atoms with Crippen molar-refractivity contribution in [2.24, 2.45) is 23.2 Å². The van der Waals surface area contributed by atoms with E-state index in [2.05, 4.69) is 14.9 Å². The van der Waals surface area contributed by atoms with Crippen LogP contribution >= 0.6 is 11.6 Å². The molecule has 1 atom stereocenters. The maximum absolute atomic E-state index is 14.5. The van der Waals surface area contributed by atoms with Crippen LogP contribution in [0.15, 0.2) is 30.6 Å². The molecule has 3 heterocycles. The maximum atomic E-state index is 14.5. The summed E-state index contributed by atoms with van der Waals surface area (Å²) < 4.78 is 26.7. The summed E-state index contributed by atoms with van der Waals surface area (Å²) in [5.74, 6) is 1.43. The van der Waals surface area contributed by atoms with Gasteiger partial charge in [0.2, 0.25) is 5.95 Å². The lowest BCUT2D eigenvalue weighted by molar-refractivity contribution is -0.216. The second-order valence-corrected chi connectivity index (χ2v) is 10.5. The zero-order valence-corrected chi connectivity index (χ0v) is 19.1. The zero-order chi connectivity index (χ0) is 22.6. The number of hydrogen-bond donors (Lipinski definition) is 0. The van der Waals surface area contributed by atoms with Gasteiger partial charge in [-0.15, -0.1) is 0 Å². The number of piperidine rings is 1. The maximum Gasteiger partial charge on any atom is 0.225 e. The first-order valence-electron chi connectivity index (χ1n) is 11.8. The van der Waals surface area contributed by atoms with Crippen LogP contribution in [0.2, 0.25) is 5.02 Å². The Labute approximate surface area is 197 Å². The molecule has 33 heavy (non-hydrogen) atoms. The van der Waals surface area contributed by atoms with E-state index in [1.165, 1.54) is 6.07 Å². The van der Waals surface area contributed by atoms with Crippen molar-refractivity contribution in [1.29, 1.82) is 0 Å². The number of Topliss-reactive ketones (excluding diaryl/α,β-unsaturated/α-hetero) is 1. The van der Waals surface area contributed by atoms with Gasteiger partial charge in [-0.25, -0.2) is 14.4 Å². The number of aromatic nitrogens is 2. The molecule has 4 aliphatic rings. The first kappa shape index (κ1) is 21.4. The number of ketones is 1. The van der Waals surface area contributed by atoms with Crippen LogP contribution in [0.5, 0.6) is 0 Å². The van der Waals surface area contributed by atoms with Crippen molar-refractivity contribution in [3.63, 3.8) is 0 Å². The Balaban J connectivity index is 1.03. The lowest BCUT2D eigenvalue weighted by Crippen LogP contribution is -2.37. The van der Waals surface area contributed by atoms with E-state index >= 15 is 0 Å². The van der Waals surface area contributed by atoms with Gasteiger partial charge in [-0.3, -0.25) is 4.79 Å². The first-order chi connectivity index (χ1) is 16.0. The minimum absolute atomic E-state index is 0.00442. The summed E-state index contributed by atoms with van der Waals surface area (Å²) >= 11 is 5.90. The lowest BCUT2D eigenvalue weighted by Gasteiger charge is -2.35. The van der Waals surface area contributed by atoms with Gasteiger partial charge in [-0.1, -0.05) is 17.7 Å². The number of benzene rings is 1. The fraction of sp³-hybridized carbons (Fsp3) is 0.560. The average Bonchev–Trinajstić information content (AvgIpc) is 3.77. The molecule has 1 aromatic heterocycles. The number of anilines is 1. The van der Waals surface area contributed by atoms with Gasteiger partial charge in [-0.2, -0.15) is 0 Å². The second kappa shape index (κ2) is 8.29. The number of ether oxygens (including phenoxy) is 2. The Bertz CT molecular complexity index is 1050. The molecule has 0 amide bonds. The molecule has 8 heteroatoms. The van der Waals surface area contributed by atoms with Crippen LogP contribution in [-0.4, -0.2) is 42.1 Å². The van der Waals surface area contributed by atoms with Crippen LogP contribution in [0.1, 0.15) is 54.3 Å². The predicted molar refractivity (Wildman–Crippen MR) is 121 cm³/mol. The molecule has 2 aliphatic carbocycles. The lowest BCUT2D eigenvalue weighted by atomic mass is 9.87. The van der Waals surface area contributed by atoms with E-state index in [4.69, 9.17) is 21.1 Å². The highest BCUT2D eigenvalue weighted by molar-refractivity contribution is 6.30. The van der Waals surface area contributed by atoms with Crippen LogP contribution in [0.4, 0.5) is 10.3 Å². The monoisotopic (exact) mass is 471 g/mol. The van der Waals surface area contributed by atoms with Gasteiger partial charge < -0.3 is 14.4 Å². The van der Waals surface area contributed by atoms with Crippen molar-refractivity contribution >= 4 is 23.3 Å². The van der Waals surface area contributed by atoms with Crippen molar-refractivity contribution in [3.8, 4) is 0 Å². The third kappa shape index (κ3) is 4.15. The number of hydrogen-bond acceptors (Lipinski definition) is 6. The zero-order valence-electron chi connectivity index (χ0n) is 18.4. The molecule has 2 aliphatic heterocycles. The summed E-state index contributed by atoms with van der Waals surface area (Å²) in [7, 11) is 0. The normalized spacial score (nSPS) is 29.9. The third-order valence-electron chi connectivity index (χ3n) is 7.77. The van der Waals surface area contributed by atoms with Crippen LogP contribution in [-0.2, 0) is 9.47 Å². The highest BCUT2D eigenvalue weighted by Crippen LogP contribution is 2.61. The molecule has 2 saturated heterocycles. The van der Waals surface area contributed by atoms with Crippen LogP contribution < -0.4 is 4.90 Å². The minimum Gasteiger partial charge on any atom is -0.348 e. The molecule has 6 nitrogen and oxygen atoms in total. The number of halogens is 2. The molecule has 174 valence electrons. The average molecular weight is 472 g/mol. The van der Waals surface area contributed by atoms with Gasteiger partial charge in [0, 0.05) is 30.0 Å². The summed E-state index contributed by atoms with van der Waals surface area (Å²) in [5.41, 5.74) is 0.912. The van der Waals surface area contributed by atoms with Gasteiger partial charge in [-0.05, 0) is 56.1 Å². The molecule has 0 unspecified atom stereocenters. The molecule has 6 rings (SSSR count). The van der Waals surface area contributed by atoms with Gasteiger partial charge in [0.05, 0.1) is 36.2 Å². The van der Waals surface area contributed by atoms with Crippen molar-refractivity contribution in [2.45, 2.75) is 38.4 Å². The topological polar surface area (TPSA) is 64.6 Å². The van der Waals surface area contributed by atoms with Crippen LogP contribution in [0, 0.1) is 29.0 Å².